The summed E-state index contributed by atoms with van der Waals surface area (Å²) in [4.78, 5) is 40.6. The average Bonchev–Trinajstić information content (AvgIpc) is 3.34. The van der Waals surface area contributed by atoms with Crippen LogP contribution in [0.25, 0.3) is 0 Å². The van der Waals surface area contributed by atoms with Gasteiger partial charge in [0.1, 0.15) is 5.02 Å². The van der Waals surface area contributed by atoms with Gasteiger partial charge in [-0.05, 0) is 62.4 Å². The standard InChI is InChI=1S/C23H25ClN4O4/c24-19-8-6-16(14-21(19)28(31)32)22(29)25-17-7-9-20(26-10-2-1-3-11-26)18(15-17)23(30)27-12-4-5-13-27/h6-9,14-15H,1-5,10-13H2,(H,25,29). The predicted molar refractivity (Wildman–Crippen MR) is 124 cm³/mol. The molecule has 0 atom stereocenters. The first-order valence-corrected chi connectivity index (χ1v) is 11.3. The molecule has 2 aromatic carbocycles. The normalized spacial score (nSPS) is 16.2. The summed E-state index contributed by atoms with van der Waals surface area (Å²) < 4.78 is 0. The zero-order valence-electron chi connectivity index (χ0n) is 17.7. The van der Waals surface area contributed by atoms with Crippen molar-refractivity contribution in [2.75, 3.05) is 36.4 Å². The van der Waals surface area contributed by atoms with Gasteiger partial charge in [0.15, 0.2) is 0 Å². The molecule has 0 bridgehead atoms. The molecular formula is C23H25ClN4O4. The second kappa shape index (κ2) is 9.56. The number of likely N-dealkylation sites (tertiary alicyclic amines) is 1. The van der Waals surface area contributed by atoms with Gasteiger partial charge in [-0.3, -0.25) is 19.7 Å². The van der Waals surface area contributed by atoms with Crippen molar-refractivity contribution in [3.63, 3.8) is 0 Å². The molecule has 9 heteroatoms. The Morgan fingerprint density at radius 2 is 1.62 bits per heavy atom. The van der Waals surface area contributed by atoms with Crippen molar-refractivity contribution >= 4 is 40.5 Å². The molecule has 2 fully saturated rings. The quantitative estimate of drug-likeness (QED) is 0.518. The number of hydrogen-bond donors (Lipinski definition) is 1. The topological polar surface area (TPSA) is 95.8 Å². The summed E-state index contributed by atoms with van der Waals surface area (Å²) in [6, 6.07) is 9.28. The van der Waals surface area contributed by atoms with E-state index in [0.717, 1.165) is 63.6 Å². The van der Waals surface area contributed by atoms with Crippen molar-refractivity contribution < 1.29 is 14.5 Å². The Morgan fingerprint density at radius 1 is 0.938 bits per heavy atom. The molecule has 2 aliphatic heterocycles. The van der Waals surface area contributed by atoms with Crippen molar-refractivity contribution in [1.29, 1.82) is 0 Å². The molecule has 32 heavy (non-hydrogen) atoms. The maximum absolute atomic E-state index is 13.3. The third-order valence-corrected chi connectivity index (χ3v) is 6.30. The third-order valence-electron chi connectivity index (χ3n) is 5.98. The number of benzene rings is 2. The maximum atomic E-state index is 13.3. The zero-order chi connectivity index (χ0) is 22.7. The summed E-state index contributed by atoms with van der Waals surface area (Å²) in [5.41, 5.74) is 1.73. The van der Waals surface area contributed by atoms with E-state index in [-0.39, 0.29) is 22.2 Å². The molecule has 168 valence electrons. The number of nitro benzene ring substituents is 1. The Balaban J connectivity index is 1.62. The van der Waals surface area contributed by atoms with E-state index >= 15 is 0 Å². The van der Waals surface area contributed by atoms with Gasteiger partial charge in [-0.2, -0.15) is 0 Å². The Labute approximate surface area is 191 Å². The van der Waals surface area contributed by atoms with Crippen LogP contribution in [0.15, 0.2) is 36.4 Å². The molecule has 2 heterocycles. The van der Waals surface area contributed by atoms with E-state index in [1.54, 1.807) is 12.1 Å². The second-order valence-corrected chi connectivity index (χ2v) is 8.56. The molecule has 4 rings (SSSR count). The SMILES string of the molecule is O=C(Nc1ccc(N2CCCCC2)c(C(=O)N2CCCC2)c1)c1ccc(Cl)c([N+](=O)[O-])c1. The molecule has 8 nitrogen and oxygen atoms in total. The lowest BCUT2D eigenvalue weighted by Gasteiger charge is -2.31. The summed E-state index contributed by atoms with van der Waals surface area (Å²) in [6.07, 6.45) is 5.36. The summed E-state index contributed by atoms with van der Waals surface area (Å²) >= 11 is 5.84. The molecule has 2 saturated heterocycles. The first-order valence-electron chi connectivity index (χ1n) is 10.9. The lowest BCUT2D eigenvalue weighted by molar-refractivity contribution is -0.384. The molecule has 2 amide bonds. The van der Waals surface area contributed by atoms with Gasteiger partial charge >= 0.3 is 0 Å². The van der Waals surface area contributed by atoms with E-state index < -0.39 is 10.8 Å². The molecule has 2 aliphatic rings. The number of nitrogens with one attached hydrogen (secondary N) is 1. The molecule has 0 spiro atoms. The summed E-state index contributed by atoms with van der Waals surface area (Å²) in [6.45, 7) is 3.29. The van der Waals surface area contributed by atoms with Gasteiger partial charge in [-0.15, -0.1) is 0 Å². The van der Waals surface area contributed by atoms with Crippen molar-refractivity contribution in [3.05, 3.63) is 62.7 Å². The van der Waals surface area contributed by atoms with Gasteiger partial charge < -0.3 is 15.1 Å². The minimum Gasteiger partial charge on any atom is -0.371 e. The van der Waals surface area contributed by atoms with Crippen molar-refractivity contribution in [3.8, 4) is 0 Å². The van der Waals surface area contributed by atoms with E-state index in [1.165, 1.54) is 18.6 Å². The number of carbonyl (C=O) groups excluding carboxylic acids is 2. The number of carbonyl (C=O) groups is 2. The van der Waals surface area contributed by atoms with Crippen LogP contribution in [-0.4, -0.2) is 47.8 Å². The Bertz CT molecular complexity index is 1050. The number of anilines is 2. The molecule has 0 saturated carbocycles. The number of rotatable bonds is 5. The number of halogens is 1. The summed E-state index contributed by atoms with van der Waals surface area (Å²) in [7, 11) is 0. The number of nitrogens with zero attached hydrogens (tertiary/aromatic N) is 3. The van der Waals surface area contributed by atoms with Gasteiger partial charge in [-0.25, -0.2) is 0 Å². The zero-order valence-corrected chi connectivity index (χ0v) is 18.4. The predicted octanol–water partition coefficient (Wildman–Crippen LogP) is 4.73. The highest BCUT2D eigenvalue weighted by Gasteiger charge is 2.25. The van der Waals surface area contributed by atoms with Gasteiger partial charge in [0.2, 0.25) is 0 Å². The van der Waals surface area contributed by atoms with E-state index in [0.29, 0.717) is 11.3 Å². The highest BCUT2D eigenvalue weighted by molar-refractivity contribution is 6.32. The fourth-order valence-corrected chi connectivity index (χ4v) is 4.47. The first-order chi connectivity index (χ1) is 15.4. The third kappa shape index (κ3) is 4.70. The fourth-order valence-electron chi connectivity index (χ4n) is 4.28. The number of nitro groups is 1. The van der Waals surface area contributed by atoms with E-state index in [2.05, 4.69) is 10.2 Å². The van der Waals surface area contributed by atoms with Crippen LogP contribution in [0.3, 0.4) is 0 Å². The lowest BCUT2D eigenvalue weighted by Crippen LogP contribution is -2.34. The maximum Gasteiger partial charge on any atom is 0.288 e. The molecule has 1 N–H and O–H groups in total. The molecule has 0 radical (unpaired) electrons. The molecule has 0 unspecified atom stereocenters. The van der Waals surface area contributed by atoms with Crippen LogP contribution >= 0.6 is 11.6 Å². The highest BCUT2D eigenvalue weighted by Crippen LogP contribution is 2.30. The first kappa shape index (κ1) is 22.1. The lowest BCUT2D eigenvalue weighted by atomic mass is 10.0. The van der Waals surface area contributed by atoms with Gasteiger partial charge in [0.05, 0.1) is 10.5 Å². The van der Waals surface area contributed by atoms with Crippen LogP contribution < -0.4 is 10.2 Å². The summed E-state index contributed by atoms with van der Waals surface area (Å²) in [5.74, 6) is -0.531. The van der Waals surface area contributed by atoms with Gasteiger partial charge in [0.25, 0.3) is 17.5 Å². The largest absolute Gasteiger partial charge is 0.371 e. The molecule has 0 aliphatic carbocycles. The smallest absolute Gasteiger partial charge is 0.288 e. The average molecular weight is 457 g/mol. The Hall–Kier alpha value is -3.13. The summed E-state index contributed by atoms with van der Waals surface area (Å²) in [5, 5.41) is 13.9. The fraction of sp³-hybridized carbons (Fsp3) is 0.391. The van der Waals surface area contributed by atoms with Crippen LogP contribution in [-0.2, 0) is 0 Å². The van der Waals surface area contributed by atoms with Crippen LogP contribution in [0.1, 0.15) is 52.8 Å². The van der Waals surface area contributed by atoms with E-state index in [1.807, 2.05) is 11.0 Å². The van der Waals surface area contributed by atoms with Crippen LogP contribution in [0, 0.1) is 10.1 Å². The number of piperidine rings is 1. The Kier molecular flexibility index (Phi) is 6.60. The number of amides is 2. The Morgan fingerprint density at radius 3 is 2.31 bits per heavy atom. The van der Waals surface area contributed by atoms with Crippen LogP contribution in [0.4, 0.5) is 17.1 Å². The van der Waals surface area contributed by atoms with E-state index in [4.69, 9.17) is 11.6 Å². The second-order valence-electron chi connectivity index (χ2n) is 8.16. The van der Waals surface area contributed by atoms with Gasteiger partial charge in [0, 0.05) is 49.2 Å². The minimum atomic E-state index is -0.626. The van der Waals surface area contributed by atoms with E-state index in [9.17, 15) is 19.7 Å². The molecule has 0 aromatic heterocycles. The van der Waals surface area contributed by atoms with Crippen LogP contribution in [0.2, 0.25) is 5.02 Å². The highest BCUT2D eigenvalue weighted by atomic mass is 35.5. The van der Waals surface area contributed by atoms with Crippen LogP contribution in [0.5, 0.6) is 0 Å². The number of hydrogen-bond acceptors (Lipinski definition) is 5. The van der Waals surface area contributed by atoms with Crippen molar-refractivity contribution in [2.45, 2.75) is 32.1 Å². The van der Waals surface area contributed by atoms with Crippen molar-refractivity contribution in [2.24, 2.45) is 0 Å². The van der Waals surface area contributed by atoms with Gasteiger partial charge in [-0.1, -0.05) is 11.6 Å². The van der Waals surface area contributed by atoms with Crippen molar-refractivity contribution in [1.82, 2.24) is 4.90 Å². The minimum absolute atomic E-state index is 0.0266. The monoisotopic (exact) mass is 456 g/mol. The molecular weight excluding hydrogens is 432 g/mol. The molecule has 2 aromatic rings.